The molecule has 0 aromatic heterocycles. The Hall–Kier alpha value is -4.04. The van der Waals surface area contributed by atoms with Gasteiger partial charge in [0.05, 0.1) is 33.6 Å². The lowest BCUT2D eigenvalue weighted by atomic mass is 9.89. The number of carbonyl (C=O) groups excluding carboxylic acids is 2. The normalized spacial score (nSPS) is 21.3. The largest absolute Gasteiger partial charge is 0.493 e. The molecule has 0 bridgehead atoms. The van der Waals surface area contributed by atoms with Crippen LogP contribution in [-0.4, -0.2) is 44.1 Å². The summed E-state index contributed by atoms with van der Waals surface area (Å²) in [7, 11) is 4.60. The van der Waals surface area contributed by atoms with Crippen molar-refractivity contribution < 1.29 is 28.6 Å². The Morgan fingerprint density at radius 3 is 2.06 bits per heavy atom. The Bertz CT molecular complexity index is 1230. The van der Waals surface area contributed by atoms with Gasteiger partial charge in [0.2, 0.25) is 11.7 Å². The number of rotatable bonds is 7. The lowest BCUT2D eigenvalue weighted by Gasteiger charge is -2.30. The molecule has 2 saturated heterocycles. The van der Waals surface area contributed by atoms with Gasteiger partial charge in [-0.1, -0.05) is 48.5 Å². The third kappa shape index (κ3) is 3.76. The molecule has 180 valence electrons. The molecule has 5 rings (SSSR count). The van der Waals surface area contributed by atoms with Gasteiger partial charge in [0.25, 0.3) is 5.91 Å². The highest BCUT2D eigenvalue weighted by molar-refractivity contribution is 6.07. The molecule has 2 heterocycles. The molecule has 0 unspecified atom stereocenters. The SMILES string of the molecule is COc1ccc([C@@H]2[C@H]3C(=O)N(Cc4ccccc4)C(=O)[C@@H]3ON2c2ccccc2)c(OC)c1OC. The van der Waals surface area contributed by atoms with Crippen molar-refractivity contribution in [2.75, 3.05) is 26.4 Å². The summed E-state index contributed by atoms with van der Waals surface area (Å²) in [6, 6.07) is 21.8. The van der Waals surface area contributed by atoms with Crippen LogP contribution in [0, 0.1) is 5.92 Å². The lowest BCUT2D eigenvalue weighted by Crippen LogP contribution is -2.37. The van der Waals surface area contributed by atoms with Crippen LogP contribution < -0.4 is 19.3 Å². The summed E-state index contributed by atoms with van der Waals surface area (Å²) >= 11 is 0. The number of hydrogen-bond donors (Lipinski definition) is 0. The number of carbonyl (C=O) groups is 2. The second kappa shape index (κ2) is 9.31. The zero-order valence-electron chi connectivity index (χ0n) is 19.7. The van der Waals surface area contributed by atoms with Gasteiger partial charge in [-0.15, -0.1) is 0 Å². The standard InChI is InChI=1S/C27H26N2O6/c1-32-20-15-14-19(23(33-2)24(20)34-3)22-21-25(35-29(22)18-12-8-5-9-13-18)27(31)28(26(21)30)16-17-10-6-4-7-11-17/h4-15,21-22,25H,16H2,1-3H3/t21-,22-,25-/m1/s1. The van der Waals surface area contributed by atoms with Gasteiger partial charge >= 0.3 is 0 Å². The van der Waals surface area contributed by atoms with E-state index in [9.17, 15) is 9.59 Å². The molecule has 0 aliphatic carbocycles. The Balaban J connectivity index is 1.61. The van der Waals surface area contributed by atoms with E-state index in [2.05, 4.69) is 0 Å². The Morgan fingerprint density at radius 1 is 0.771 bits per heavy atom. The topological polar surface area (TPSA) is 77.5 Å². The fraction of sp³-hybridized carbons (Fsp3) is 0.259. The molecule has 0 saturated carbocycles. The summed E-state index contributed by atoms with van der Waals surface area (Å²) in [4.78, 5) is 34.6. The number of para-hydroxylation sites is 1. The van der Waals surface area contributed by atoms with Gasteiger partial charge < -0.3 is 14.2 Å². The van der Waals surface area contributed by atoms with E-state index in [0.717, 1.165) is 11.3 Å². The van der Waals surface area contributed by atoms with Crippen molar-refractivity contribution in [2.45, 2.75) is 18.7 Å². The number of imide groups is 1. The average Bonchev–Trinajstić information content (AvgIpc) is 3.40. The van der Waals surface area contributed by atoms with Crippen molar-refractivity contribution >= 4 is 17.5 Å². The van der Waals surface area contributed by atoms with E-state index in [4.69, 9.17) is 19.0 Å². The molecule has 0 spiro atoms. The van der Waals surface area contributed by atoms with Gasteiger partial charge in [-0.2, -0.15) is 0 Å². The van der Waals surface area contributed by atoms with E-state index in [1.807, 2.05) is 66.7 Å². The predicted molar refractivity (Wildman–Crippen MR) is 128 cm³/mol. The van der Waals surface area contributed by atoms with Crippen molar-refractivity contribution in [1.82, 2.24) is 4.90 Å². The smallest absolute Gasteiger partial charge is 0.262 e. The highest BCUT2D eigenvalue weighted by Crippen LogP contribution is 2.52. The Morgan fingerprint density at radius 2 is 1.43 bits per heavy atom. The van der Waals surface area contributed by atoms with Gasteiger partial charge in [-0.25, -0.2) is 5.06 Å². The van der Waals surface area contributed by atoms with Crippen molar-refractivity contribution in [3.63, 3.8) is 0 Å². The summed E-state index contributed by atoms with van der Waals surface area (Å²) in [5.41, 5.74) is 2.25. The maximum absolute atomic E-state index is 13.7. The second-order valence-electron chi connectivity index (χ2n) is 8.33. The van der Waals surface area contributed by atoms with Crippen molar-refractivity contribution in [3.8, 4) is 17.2 Å². The average molecular weight is 475 g/mol. The maximum atomic E-state index is 13.7. The molecule has 8 nitrogen and oxygen atoms in total. The first-order valence-corrected chi connectivity index (χ1v) is 11.3. The third-order valence-corrected chi connectivity index (χ3v) is 6.45. The van der Waals surface area contributed by atoms with Crippen LogP contribution in [-0.2, 0) is 21.0 Å². The van der Waals surface area contributed by atoms with E-state index in [-0.39, 0.29) is 18.4 Å². The molecule has 2 fully saturated rings. The van der Waals surface area contributed by atoms with Crippen molar-refractivity contribution in [2.24, 2.45) is 5.92 Å². The summed E-state index contributed by atoms with van der Waals surface area (Å²) in [5.74, 6) is -0.0886. The number of ether oxygens (including phenoxy) is 3. The second-order valence-corrected chi connectivity index (χ2v) is 8.33. The monoisotopic (exact) mass is 474 g/mol. The molecule has 8 heteroatoms. The minimum Gasteiger partial charge on any atom is -0.493 e. The van der Waals surface area contributed by atoms with E-state index in [1.54, 1.807) is 18.2 Å². The fourth-order valence-corrected chi connectivity index (χ4v) is 4.87. The molecule has 2 aliphatic rings. The number of likely N-dealkylation sites (tertiary alicyclic amines) is 1. The van der Waals surface area contributed by atoms with Crippen LogP contribution in [0.1, 0.15) is 17.2 Å². The quantitative estimate of drug-likeness (QED) is 0.483. The molecular weight excluding hydrogens is 448 g/mol. The van der Waals surface area contributed by atoms with Crippen LogP contribution in [0.2, 0.25) is 0 Å². The van der Waals surface area contributed by atoms with E-state index >= 15 is 0 Å². The van der Waals surface area contributed by atoms with Crippen LogP contribution in [0.25, 0.3) is 0 Å². The Labute approximate surface area is 203 Å². The van der Waals surface area contributed by atoms with E-state index < -0.39 is 18.1 Å². The molecule has 0 N–H and O–H groups in total. The maximum Gasteiger partial charge on any atom is 0.262 e. The van der Waals surface area contributed by atoms with Crippen LogP contribution >= 0.6 is 0 Å². The van der Waals surface area contributed by atoms with Crippen LogP contribution in [0.3, 0.4) is 0 Å². The van der Waals surface area contributed by atoms with Gasteiger partial charge in [0.1, 0.15) is 12.0 Å². The molecule has 3 atom stereocenters. The molecule has 35 heavy (non-hydrogen) atoms. The minimum atomic E-state index is -0.950. The molecular formula is C27H26N2O6. The first-order valence-electron chi connectivity index (χ1n) is 11.3. The molecule has 0 radical (unpaired) electrons. The number of benzene rings is 3. The summed E-state index contributed by atoms with van der Waals surface area (Å²) in [5, 5.41) is 1.63. The number of amides is 2. The zero-order valence-corrected chi connectivity index (χ0v) is 19.7. The fourth-order valence-electron chi connectivity index (χ4n) is 4.87. The number of hydrogen-bond acceptors (Lipinski definition) is 7. The number of hydroxylamine groups is 1. The highest BCUT2D eigenvalue weighted by Gasteiger charge is 2.60. The first-order chi connectivity index (χ1) is 17.1. The van der Waals surface area contributed by atoms with Crippen LogP contribution in [0.4, 0.5) is 5.69 Å². The number of anilines is 1. The van der Waals surface area contributed by atoms with Gasteiger partial charge in [-0.05, 0) is 29.8 Å². The van der Waals surface area contributed by atoms with Crippen molar-refractivity contribution in [1.29, 1.82) is 0 Å². The Kier molecular flexibility index (Phi) is 6.05. The number of fused-ring (bicyclic) bond motifs is 1. The third-order valence-electron chi connectivity index (χ3n) is 6.45. The molecule has 3 aromatic rings. The van der Waals surface area contributed by atoms with Crippen LogP contribution in [0.5, 0.6) is 17.2 Å². The molecule has 2 aliphatic heterocycles. The van der Waals surface area contributed by atoms with E-state index in [0.29, 0.717) is 22.8 Å². The predicted octanol–water partition coefficient (Wildman–Crippen LogP) is 3.76. The van der Waals surface area contributed by atoms with Gasteiger partial charge in [0, 0.05) is 5.56 Å². The molecule has 2 amide bonds. The van der Waals surface area contributed by atoms with Crippen LogP contribution in [0.15, 0.2) is 72.8 Å². The molecule has 3 aromatic carbocycles. The minimum absolute atomic E-state index is 0.190. The van der Waals surface area contributed by atoms with Gasteiger partial charge in [-0.3, -0.25) is 19.3 Å². The summed E-state index contributed by atoms with van der Waals surface area (Å²) in [6.07, 6.45) is -0.950. The first kappa shape index (κ1) is 22.7. The zero-order chi connectivity index (χ0) is 24.5. The van der Waals surface area contributed by atoms with Crippen molar-refractivity contribution in [3.05, 3.63) is 83.9 Å². The lowest BCUT2D eigenvalue weighted by molar-refractivity contribution is -0.143. The number of methoxy groups -OCH3 is 3. The summed E-state index contributed by atoms with van der Waals surface area (Å²) in [6.45, 7) is 0.190. The highest BCUT2D eigenvalue weighted by atomic mass is 16.7. The van der Waals surface area contributed by atoms with E-state index in [1.165, 1.54) is 19.1 Å². The number of nitrogens with zero attached hydrogens (tertiary/aromatic N) is 2. The summed E-state index contributed by atoms with van der Waals surface area (Å²) < 4.78 is 16.8. The van der Waals surface area contributed by atoms with Gasteiger partial charge in [0.15, 0.2) is 17.6 Å².